The van der Waals surface area contributed by atoms with Gasteiger partial charge < -0.3 is 14.6 Å². The van der Waals surface area contributed by atoms with Gasteiger partial charge in [-0.05, 0) is 44.0 Å². The molecule has 0 aliphatic heterocycles. The lowest BCUT2D eigenvalue weighted by molar-refractivity contribution is 0.142. The van der Waals surface area contributed by atoms with Crippen LogP contribution in [0.3, 0.4) is 0 Å². The number of benzene rings is 1. The number of anilines is 2. The number of hydrogen-bond acceptors (Lipinski definition) is 3. The van der Waals surface area contributed by atoms with Crippen molar-refractivity contribution in [2.75, 3.05) is 18.5 Å². The zero-order valence-corrected chi connectivity index (χ0v) is 11.9. The van der Waals surface area contributed by atoms with Gasteiger partial charge in [-0.15, -0.1) is 0 Å². The molecule has 0 atom stereocenters. The maximum absolute atomic E-state index is 13.1. The zero-order valence-electron chi connectivity index (χ0n) is 11.9. The van der Waals surface area contributed by atoms with E-state index in [0.29, 0.717) is 0 Å². The largest absolute Gasteiger partial charge is 0.382 e. The monoisotopic (exact) mass is 277 g/mol. The van der Waals surface area contributed by atoms with Crippen LogP contribution in [0, 0.1) is 12.7 Å². The number of nitrogens with one attached hydrogen (secondary N) is 1. The lowest BCUT2D eigenvalue weighted by Crippen LogP contribution is -2.06. The Bertz CT molecular complexity index is 554. The van der Waals surface area contributed by atoms with Crippen LogP contribution in [0.5, 0.6) is 0 Å². The highest BCUT2D eigenvalue weighted by molar-refractivity contribution is 5.58. The molecule has 0 saturated carbocycles. The van der Waals surface area contributed by atoms with Crippen LogP contribution >= 0.6 is 0 Å². The highest BCUT2D eigenvalue weighted by atomic mass is 19.1. The van der Waals surface area contributed by atoms with Gasteiger partial charge in [-0.25, -0.2) is 9.37 Å². The highest BCUT2D eigenvalue weighted by Gasteiger charge is 2.05. The molecule has 1 aromatic heterocycles. The Labute approximate surface area is 118 Å². The summed E-state index contributed by atoms with van der Waals surface area (Å²) in [5.41, 5.74) is 1.72. The SMILES string of the molecule is CCOCCCn1ccnc1Nc1ccc(F)cc1C. The summed E-state index contributed by atoms with van der Waals surface area (Å²) in [6, 6.07) is 4.67. The molecule has 2 rings (SSSR count). The summed E-state index contributed by atoms with van der Waals surface area (Å²) >= 11 is 0. The van der Waals surface area contributed by atoms with Crippen LogP contribution in [-0.4, -0.2) is 22.8 Å². The third kappa shape index (κ3) is 3.81. The van der Waals surface area contributed by atoms with Crippen LogP contribution in [-0.2, 0) is 11.3 Å². The molecule has 1 heterocycles. The van der Waals surface area contributed by atoms with Gasteiger partial charge in [0.1, 0.15) is 5.82 Å². The number of aromatic nitrogens is 2. The molecular weight excluding hydrogens is 257 g/mol. The standard InChI is InChI=1S/C15H20FN3O/c1-3-20-10-4-8-19-9-7-17-15(19)18-14-6-5-13(16)11-12(14)2/h5-7,9,11H,3-4,8,10H2,1-2H3,(H,17,18). The molecule has 108 valence electrons. The molecule has 0 spiro atoms. The second kappa shape index (κ2) is 7.05. The Morgan fingerprint density at radius 2 is 2.25 bits per heavy atom. The van der Waals surface area contributed by atoms with Gasteiger partial charge in [0, 0.05) is 37.8 Å². The second-order valence-corrected chi connectivity index (χ2v) is 4.58. The van der Waals surface area contributed by atoms with Gasteiger partial charge in [-0.3, -0.25) is 0 Å². The van der Waals surface area contributed by atoms with Crippen molar-refractivity contribution in [2.45, 2.75) is 26.8 Å². The molecule has 4 nitrogen and oxygen atoms in total. The topological polar surface area (TPSA) is 39.1 Å². The molecule has 0 aliphatic rings. The normalized spacial score (nSPS) is 10.8. The van der Waals surface area contributed by atoms with E-state index in [0.717, 1.165) is 43.4 Å². The average molecular weight is 277 g/mol. The summed E-state index contributed by atoms with van der Waals surface area (Å²) in [5.74, 6) is 0.532. The maximum atomic E-state index is 13.1. The Morgan fingerprint density at radius 3 is 3.00 bits per heavy atom. The first kappa shape index (κ1) is 14.5. The van der Waals surface area contributed by atoms with E-state index in [2.05, 4.69) is 10.3 Å². The van der Waals surface area contributed by atoms with Crippen molar-refractivity contribution in [1.29, 1.82) is 0 Å². The average Bonchev–Trinajstić information content (AvgIpc) is 2.85. The van der Waals surface area contributed by atoms with Gasteiger partial charge >= 0.3 is 0 Å². The van der Waals surface area contributed by atoms with E-state index in [1.807, 2.05) is 24.6 Å². The number of halogens is 1. The van der Waals surface area contributed by atoms with Gasteiger partial charge in [-0.1, -0.05) is 0 Å². The van der Waals surface area contributed by atoms with E-state index < -0.39 is 0 Å². The van der Waals surface area contributed by atoms with Gasteiger partial charge in [0.15, 0.2) is 0 Å². The molecule has 0 unspecified atom stereocenters. The van der Waals surface area contributed by atoms with Crippen molar-refractivity contribution < 1.29 is 9.13 Å². The fourth-order valence-electron chi connectivity index (χ4n) is 1.98. The lowest BCUT2D eigenvalue weighted by Gasteiger charge is -2.11. The zero-order chi connectivity index (χ0) is 14.4. The molecule has 20 heavy (non-hydrogen) atoms. The summed E-state index contributed by atoms with van der Waals surface area (Å²) in [7, 11) is 0. The van der Waals surface area contributed by atoms with Crippen molar-refractivity contribution in [1.82, 2.24) is 9.55 Å². The van der Waals surface area contributed by atoms with E-state index in [4.69, 9.17) is 4.74 Å². The van der Waals surface area contributed by atoms with Crippen LogP contribution in [0.1, 0.15) is 18.9 Å². The minimum Gasteiger partial charge on any atom is -0.382 e. The van der Waals surface area contributed by atoms with E-state index in [9.17, 15) is 4.39 Å². The Balaban J connectivity index is 2.01. The molecule has 5 heteroatoms. The fraction of sp³-hybridized carbons (Fsp3) is 0.400. The minimum atomic E-state index is -0.229. The summed E-state index contributed by atoms with van der Waals surface area (Å²) in [5, 5.41) is 3.23. The third-order valence-corrected chi connectivity index (χ3v) is 3.04. The van der Waals surface area contributed by atoms with Crippen molar-refractivity contribution in [3.63, 3.8) is 0 Å². The Hall–Kier alpha value is -1.88. The van der Waals surface area contributed by atoms with Crippen LogP contribution in [0.25, 0.3) is 0 Å². The molecule has 2 aromatic rings. The molecule has 0 amide bonds. The molecule has 1 N–H and O–H groups in total. The van der Waals surface area contributed by atoms with E-state index in [1.165, 1.54) is 12.1 Å². The van der Waals surface area contributed by atoms with E-state index in [-0.39, 0.29) is 5.82 Å². The van der Waals surface area contributed by atoms with Gasteiger partial charge in [0.2, 0.25) is 5.95 Å². The number of ether oxygens (including phenoxy) is 1. The summed E-state index contributed by atoms with van der Waals surface area (Å²) in [6.07, 6.45) is 4.61. The van der Waals surface area contributed by atoms with E-state index in [1.54, 1.807) is 12.3 Å². The predicted molar refractivity (Wildman–Crippen MR) is 77.8 cm³/mol. The second-order valence-electron chi connectivity index (χ2n) is 4.58. The highest BCUT2D eigenvalue weighted by Crippen LogP contribution is 2.20. The quantitative estimate of drug-likeness (QED) is 0.787. The van der Waals surface area contributed by atoms with Gasteiger partial charge in [0.05, 0.1) is 0 Å². The molecule has 0 saturated heterocycles. The minimum absolute atomic E-state index is 0.229. The molecule has 0 aliphatic carbocycles. The Morgan fingerprint density at radius 1 is 1.40 bits per heavy atom. The maximum Gasteiger partial charge on any atom is 0.207 e. The van der Waals surface area contributed by atoms with Crippen LogP contribution in [0.4, 0.5) is 16.0 Å². The van der Waals surface area contributed by atoms with Crippen LogP contribution < -0.4 is 5.32 Å². The summed E-state index contributed by atoms with van der Waals surface area (Å²) < 4.78 is 20.4. The molecule has 0 radical (unpaired) electrons. The first-order valence-electron chi connectivity index (χ1n) is 6.82. The third-order valence-electron chi connectivity index (χ3n) is 3.04. The molecular formula is C15H20FN3O. The summed E-state index contributed by atoms with van der Waals surface area (Å²) in [4.78, 5) is 4.29. The number of imidazole rings is 1. The predicted octanol–water partition coefficient (Wildman–Crippen LogP) is 3.50. The van der Waals surface area contributed by atoms with E-state index >= 15 is 0 Å². The number of hydrogen-bond donors (Lipinski definition) is 1. The van der Waals surface area contributed by atoms with Gasteiger partial charge in [-0.2, -0.15) is 0 Å². The lowest BCUT2D eigenvalue weighted by atomic mass is 10.2. The smallest absolute Gasteiger partial charge is 0.207 e. The molecule has 0 bridgehead atoms. The van der Waals surface area contributed by atoms with Crippen LogP contribution in [0.15, 0.2) is 30.6 Å². The Kier molecular flexibility index (Phi) is 5.12. The molecule has 1 aromatic carbocycles. The number of aryl methyl sites for hydroxylation is 2. The fourth-order valence-corrected chi connectivity index (χ4v) is 1.98. The summed E-state index contributed by atoms with van der Waals surface area (Å²) in [6.45, 7) is 6.17. The number of rotatable bonds is 7. The van der Waals surface area contributed by atoms with Crippen molar-refractivity contribution in [3.8, 4) is 0 Å². The number of nitrogens with zero attached hydrogens (tertiary/aromatic N) is 2. The molecule has 0 fully saturated rings. The first-order valence-corrected chi connectivity index (χ1v) is 6.82. The van der Waals surface area contributed by atoms with Crippen molar-refractivity contribution in [2.24, 2.45) is 0 Å². The van der Waals surface area contributed by atoms with Crippen molar-refractivity contribution in [3.05, 3.63) is 42.0 Å². The van der Waals surface area contributed by atoms with Crippen LogP contribution in [0.2, 0.25) is 0 Å². The first-order chi connectivity index (χ1) is 9.70. The van der Waals surface area contributed by atoms with Gasteiger partial charge in [0.25, 0.3) is 0 Å². The van der Waals surface area contributed by atoms with Crippen molar-refractivity contribution >= 4 is 11.6 Å².